The van der Waals surface area contributed by atoms with Crippen LogP contribution in [0.3, 0.4) is 0 Å². The minimum Gasteiger partial charge on any atom is -0.441 e. The van der Waals surface area contributed by atoms with Crippen LogP contribution < -0.4 is 5.32 Å². The van der Waals surface area contributed by atoms with Crippen LogP contribution in [0.25, 0.3) is 11.5 Å². The van der Waals surface area contributed by atoms with E-state index in [0.29, 0.717) is 40.8 Å². The van der Waals surface area contributed by atoms with Gasteiger partial charge >= 0.3 is 0 Å². The number of aromatic nitrogens is 3. The molecule has 33 heavy (non-hydrogen) atoms. The maximum Gasteiger partial charge on any atom is 0.251 e. The highest BCUT2D eigenvalue weighted by molar-refractivity contribution is 7.90. The zero-order chi connectivity index (χ0) is 23.6. The van der Waals surface area contributed by atoms with Gasteiger partial charge in [0, 0.05) is 23.0 Å². The highest BCUT2D eigenvalue weighted by Crippen LogP contribution is 2.25. The largest absolute Gasteiger partial charge is 0.441 e. The summed E-state index contributed by atoms with van der Waals surface area (Å²) in [5, 5.41) is 2.81. The smallest absolute Gasteiger partial charge is 0.251 e. The molecule has 0 fully saturated rings. The predicted molar refractivity (Wildman–Crippen MR) is 123 cm³/mol. The Balaban J connectivity index is 1.46. The van der Waals surface area contributed by atoms with Crippen molar-refractivity contribution < 1.29 is 17.6 Å². The molecule has 2 aromatic heterocycles. The molecule has 2 N–H and O–H groups in total. The number of carbonyl (C=O) groups is 1. The molecule has 0 aliphatic carbocycles. The summed E-state index contributed by atoms with van der Waals surface area (Å²) < 4.78 is 31.2. The molecule has 0 aliphatic heterocycles. The number of benzene rings is 2. The van der Waals surface area contributed by atoms with Crippen LogP contribution in [0.5, 0.6) is 0 Å². The van der Waals surface area contributed by atoms with Crippen LogP contribution in [0.2, 0.25) is 0 Å². The zero-order valence-corrected chi connectivity index (χ0v) is 19.4. The summed E-state index contributed by atoms with van der Waals surface area (Å²) in [4.78, 5) is 24.3. The van der Waals surface area contributed by atoms with Crippen LogP contribution in [0, 0.1) is 20.8 Å². The van der Waals surface area contributed by atoms with Gasteiger partial charge in [-0.2, -0.15) is 0 Å². The first-order valence-corrected chi connectivity index (χ1v) is 12.0. The summed E-state index contributed by atoms with van der Waals surface area (Å²) in [6.07, 6.45) is 1.70. The van der Waals surface area contributed by atoms with Crippen molar-refractivity contribution in [3.05, 3.63) is 88.8 Å². The van der Waals surface area contributed by atoms with Gasteiger partial charge in [-0.15, -0.1) is 0 Å². The lowest BCUT2D eigenvalue weighted by molar-refractivity contribution is 0.0950. The monoisotopic (exact) mass is 464 g/mol. The maximum atomic E-state index is 12.8. The average Bonchev–Trinajstić information content (AvgIpc) is 3.37. The second-order valence-corrected chi connectivity index (χ2v) is 9.86. The molecule has 9 heteroatoms. The number of oxazole rings is 1. The predicted octanol–water partition coefficient (Wildman–Crippen LogP) is 3.89. The summed E-state index contributed by atoms with van der Waals surface area (Å²) in [5.74, 6) is 0.943. The number of aryl methyl sites for hydroxylation is 3. The first kappa shape index (κ1) is 22.5. The third-order valence-corrected chi connectivity index (χ3v) is 6.81. The third-order valence-electron chi connectivity index (χ3n) is 5.17. The van der Waals surface area contributed by atoms with E-state index in [1.807, 2.05) is 13.8 Å². The Labute approximate surface area is 192 Å². The lowest BCUT2D eigenvalue weighted by atomic mass is 10.1. The molecule has 4 aromatic rings. The Hall–Kier alpha value is -3.72. The molecule has 2 aromatic carbocycles. The summed E-state index contributed by atoms with van der Waals surface area (Å²) in [6, 6.07) is 13.5. The Morgan fingerprint density at radius 3 is 2.36 bits per heavy atom. The van der Waals surface area contributed by atoms with Gasteiger partial charge in [0.2, 0.25) is 5.89 Å². The maximum absolute atomic E-state index is 12.8. The van der Waals surface area contributed by atoms with E-state index in [4.69, 9.17) is 4.42 Å². The molecule has 0 aliphatic rings. The second-order valence-electron chi connectivity index (χ2n) is 7.87. The van der Waals surface area contributed by atoms with Gasteiger partial charge in [0.1, 0.15) is 17.3 Å². The zero-order valence-electron chi connectivity index (χ0n) is 18.5. The fraction of sp³-hybridized carbons (Fsp3) is 0.208. The molecule has 2 heterocycles. The normalized spacial score (nSPS) is 11.5. The molecule has 0 spiro atoms. The van der Waals surface area contributed by atoms with E-state index in [-0.39, 0.29) is 16.6 Å². The van der Waals surface area contributed by atoms with Crippen molar-refractivity contribution in [3.63, 3.8) is 0 Å². The van der Waals surface area contributed by atoms with Gasteiger partial charge < -0.3 is 14.7 Å². The van der Waals surface area contributed by atoms with Crippen LogP contribution in [0.4, 0.5) is 0 Å². The molecule has 1 amide bonds. The van der Waals surface area contributed by atoms with Gasteiger partial charge in [-0.25, -0.2) is 18.4 Å². The van der Waals surface area contributed by atoms with E-state index >= 15 is 0 Å². The van der Waals surface area contributed by atoms with Crippen molar-refractivity contribution in [1.29, 1.82) is 0 Å². The molecule has 170 valence electrons. The van der Waals surface area contributed by atoms with E-state index in [0.717, 1.165) is 11.3 Å². The lowest BCUT2D eigenvalue weighted by Gasteiger charge is -2.04. The van der Waals surface area contributed by atoms with Crippen LogP contribution in [-0.2, 0) is 22.1 Å². The van der Waals surface area contributed by atoms with Crippen molar-refractivity contribution in [2.45, 2.75) is 38.0 Å². The molecule has 0 radical (unpaired) electrons. The number of hydrogen-bond acceptors (Lipinski definition) is 6. The molecule has 0 saturated heterocycles. The fourth-order valence-electron chi connectivity index (χ4n) is 3.28. The lowest BCUT2D eigenvalue weighted by Crippen LogP contribution is -2.23. The van der Waals surface area contributed by atoms with E-state index in [1.165, 1.54) is 0 Å². The highest BCUT2D eigenvalue weighted by Gasteiger charge is 2.21. The van der Waals surface area contributed by atoms with Crippen LogP contribution >= 0.6 is 0 Å². The minimum atomic E-state index is -3.55. The summed E-state index contributed by atoms with van der Waals surface area (Å²) in [7, 11) is -3.55. The molecular weight excluding hydrogens is 440 g/mol. The molecule has 0 saturated carbocycles. The fourth-order valence-corrected chi connectivity index (χ4v) is 4.63. The van der Waals surface area contributed by atoms with Gasteiger partial charge in [-0.1, -0.05) is 17.7 Å². The Morgan fingerprint density at radius 1 is 1.03 bits per heavy atom. The Morgan fingerprint density at radius 2 is 1.73 bits per heavy atom. The van der Waals surface area contributed by atoms with Crippen LogP contribution in [-0.4, -0.2) is 29.3 Å². The third kappa shape index (κ3) is 5.20. The van der Waals surface area contributed by atoms with E-state index in [2.05, 4.69) is 20.3 Å². The summed E-state index contributed by atoms with van der Waals surface area (Å²) >= 11 is 0. The van der Waals surface area contributed by atoms with Crippen molar-refractivity contribution in [3.8, 4) is 11.5 Å². The quantitative estimate of drug-likeness (QED) is 0.428. The Kier molecular flexibility index (Phi) is 6.15. The minimum absolute atomic E-state index is 0.232. The number of hydrogen-bond donors (Lipinski definition) is 2. The van der Waals surface area contributed by atoms with Crippen molar-refractivity contribution in [1.82, 2.24) is 20.3 Å². The van der Waals surface area contributed by atoms with E-state index in [1.54, 1.807) is 61.7 Å². The average molecular weight is 465 g/mol. The van der Waals surface area contributed by atoms with Crippen molar-refractivity contribution >= 4 is 15.7 Å². The molecule has 8 nitrogen and oxygen atoms in total. The molecule has 0 atom stereocenters. The number of nitrogens with zero attached hydrogens (tertiary/aromatic N) is 2. The number of sulfone groups is 1. The Bertz CT molecular complexity index is 1390. The molecule has 0 bridgehead atoms. The van der Waals surface area contributed by atoms with Crippen LogP contribution in [0.15, 0.2) is 64.0 Å². The number of carbonyl (C=O) groups excluding carboxylic acids is 1. The van der Waals surface area contributed by atoms with Gasteiger partial charge in [0.25, 0.3) is 5.91 Å². The first-order chi connectivity index (χ1) is 15.7. The van der Waals surface area contributed by atoms with Crippen molar-refractivity contribution in [2.75, 3.05) is 0 Å². The topological polar surface area (TPSA) is 118 Å². The van der Waals surface area contributed by atoms with Gasteiger partial charge in [-0.3, -0.25) is 4.79 Å². The second kappa shape index (κ2) is 9.03. The number of H-pyrrole nitrogens is 1. The number of nitrogens with one attached hydrogen (secondary N) is 2. The van der Waals surface area contributed by atoms with Crippen molar-refractivity contribution in [2.24, 2.45) is 0 Å². The number of aromatic amines is 1. The van der Waals surface area contributed by atoms with Gasteiger partial charge in [0.05, 0.1) is 17.1 Å². The van der Waals surface area contributed by atoms with Gasteiger partial charge in [-0.05, 0) is 57.2 Å². The first-order valence-electron chi connectivity index (χ1n) is 10.4. The summed E-state index contributed by atoms with van der Waals surface area (Å²) in [6.45, 7) is 5.78. The SMILES string of the molecule is Cc1ccc(S(=O)(=O)Cc2nc(-c3ccc(C(=O)NCc4ncc(C)[nH]4)cc3)oc2C)cc1. The number of rotatable bonds is 7. The highest BCUT2D eigenvalue weighted by atomic mass is 32.2. The molecular formula is C24H24N4O4S. The number of imidazole rings is 1. The summed E-state index contributed by atoms with van der Waals surface area (Å²) in [5.41, 5.74) is 3.40. The van der Waals surface area contributed by atoms with E-state index in [9.17, 15) is 13.2 Å². The van der Waals surface area contributed by atoms with Gasteiger partial charge in [0.15, 0.2) is 9.84 Å². The molecule has 4 rings (SSSR count). The van der Waals surface area contributed by atoms with Crippen LogP contribution in [0.1, 0.15) is 38.9 Å². The van der Waals surface area contributed by atoms with E-state index < -0.39 is 9.84 Å². The molecule has 0 unspecified atom stereocenters. The number of amides is 1. The standard InChI is InChI=1S/C24H24N4O4S/c1-15-4-10-20(11-5-15)33(30,31)14-21-17(3)32-24(28-21)19-8-6-18(7-9-19)23(29)26-13-22-25-12-16(2)27-22/h4-12H,13-14H2,1-3H3,(H,25,27)(H,26,29).